The molecule has 2 atom stereocenters. The van der Waals surface area contributed by atoms with Gasteiger partial charge in [0.15, 0.2) is 5.82 Å². The maximum Gasteiger partial charge on any atom is 0.242 e. The van der Waals surface area contributed by atoms with Gasteiger partial charge in [-0.25, -0.2) is 4.98 Å². The Morgan fingerprint density at radius 1 is 0.939 bits per heavy atom. The third-order valence-electron chi connectivity index (χ3n) is 6.70. The first-order chi connectivity index (χ1) is 16.2. The molecule has 0 aliphatic carbocycles. The number of fused-ring (bicyclic) bond motifs is 1. The second-order valence-electron chi connectivity index (χ2n) is 8.88. The lowest BCUT2D eigenvalue weighted by atomic mass is 10.0. The van der Waals surface area contributed by atoms with Crippen LogP contribution in [0.5, 0.6) is 0 Å². The summed E-state index contributed by atoms with van der Waals surface area (Å²) in [6.45, 7) is 1.94. The fraction of sp³-hybridized carbons (Fsp3) is 0.320. The summed E-state index contributed by atoms with van der Waals surface area (Å²) < 4.78 is 0. The quantitative estimate of drug-likeness (QED) is 0.324. The molecule has 4 heterocycles. The van der Waals surface area contributed by atoms with Crippen LogP contribution in [-0.2, 0) is 4.79 Å². The first-order valence-corrected chi connectivity index (χ1v) is 11.7. The number of hydrogen-bond acceptors (Lipinski definition) is 5. The van der Waals surface area contributed by atoms with Gasteiger partial charge in [0, 0.05) is 5.39 Å². The minimum atomic E-state index is -0.139. The Labute approximate surface area is 191 Å². The number of aromatic amines is 2. The molecule has 1 amide bonds. The van der Waals surface area contributed by atoms with E-state index in [-0.39, 0.29) is 11.9 Å². The van der Waals surface area contributed by atoms with E-state index in [9.17, 15) is 4.79 Å². The molecule has 1 unspecified atom stereocenters. The number of benzene rings is 2. The van der Waals surface area contributed by atoms with Crippen molar-refractivity contribution in [1.82, 2.24) is 30.8 Å². The van der Waals surface area contributed by atoms with Gasteiger partial charge >= 0.3 is 0 Å². The Kier molecular flexibility index (Phi) is 5.16. The van der Waals surface area contributed by atoms with E-state index in [0.29, 0.717) is 11.9 Å². The molecule has 0 spiro atoms. The number of anilines is 1. The van der Waals surface area contributed by atoms with Crippen LogP contribution in [0.15, 0.2) is 48.7 Å². The van der Waals surface area contributed by atoms with Crippen molar-refractivity contribution in [2.45, 2.75) is 37.8 Å². The molecule has 168 valence electrons. The van der Waals surface area contributed by atoms with Gasteiger partial charge in [-0.2, -0.15) is 5.10 Å². The summed E-state index contributed by atoms with van der Waals surface area (Å²) in [5.74, 6) is 1.56. The molecule has 2 aromatic carbocycles. The third-order valence-corrected chi connectivity index (χ3v) is 6.70. The molecule has 8 heteroatoms. The molecule has 6 rings (SSSR count). The van der Waals surface area contributed by atoms with Crippen LogP contribution in [0.1, 0.15) is 37.5 Å². The highest BCUT2D eigenvalue weighted by molar-refractivity contribution is 6.02. The van der Waals surface area contributed by atoms with E-state index < -0.39 is 0 Å². The Morgan fingerprint density at radius 3 is 2.52 bits per heavy atom. The summed E-state index contributed by atoms with van der Waals surface area (Å²) in [6, 6.07) is 14.8. The molecule has 2 aromatic heterocycles. The summed E-state index contributed by atoms with van der Waals surface area (Å²) >= 11 is 0. The standard InChI is InChI=1S/C25H27N7O/c33-25(21-4-2-12-27-21)30-23-18-13-17(9-10-19(18)31-32-23)15-5-7-16(8-6-15)22-14-28-24(29-22)20-3-1-11-26-20/h5-10,13-14,20-21,26-27H,1-4,11-12H2,(H,28,29)(H2,30,31,32,33)/t20-,21?/m0/s1. The van der Waals surface area contributed by atoms with Gasteiger partial charge in [-0.05, 0) is 67.6 Å². The van der Waals surface area contributed by atoms with Gasteiger partial charge in [0.2, 0.25) is 5.91 Å². The summed E-state index contributed by atoms with van der Waals surface area (Å²) in [5.41, 5.74) is 5.22. The lowest BCUT2D eigenvalue weighted by molar-refractivity contribution is -0.117. The molecule has 2 saturated heterocycles. The highest BCUT2D eigenvalue weighted by atomic mass is 16.2. The zero-order valence-electron chi connectivity index (χ0n) is 18.3. The van der Waals surface area contributed by atoms with E-state index >= 15 is 0 Å². The fourth-order valence-electron chi connectivity index (χ4n) is 4.82. The van der Waals surface area contributed by atoms with Crippen molar-refractivity contribution in [2.75, 3.05) is 18.4 Å². The van der Waals surface area contributed by atoms with Crippen molar-refractivity contribution in [3.8, 4) is 22.4 Å². The first-order valence-electron chi connectivity index (χ1n) is 11.7. The van der Waals surface area contributed by atoms with Gasteiger partial charge in [0.1, 0.15) is 5.82 Å². The molecule has 0 bridgehead atoms. The number of rotatable bonds is 5. The van der Waals surface area contributed by atoms with E-state index in [4.69, 9.17) is 0 Å². The molecular weight excluding hydrogens is 414 g/mol. The van der Waals surface area contributed by atoms with Crippen molar-refractivity contribution >= 4 is 22.6 Å². The molecule has 5 N–H and O–H groups in total. The van der Waals surface area contributed by atoms with Crippen LogP contribution in [-0.4, -0.2) is 45.2 Å². The summed E-state index contributed by atoms with van der Waals surface area (Å²) in [4.78, 5) is 20.6. The number of nitrogens with one attached hydrogen (secondary N) is 5. The lowest BCUT2D eigenvalue weighted by Crippen LogP contribution is -2.35. The average molecular weight is 442 g/mol. The van der Waals surface area contributed by atoms with Crippen LogP contribution in [0.4, 0.5) is 5.82 Å². The van der Waals surface area contributed by atoms with Crippen LogP contribution in [0.25, 0.3) is 33.3 Å². The third kappa shape index (κ3) is 3.92. The molecule has 2 aliphatic rings. The Balaban J connectivity index is 1.23. The number of H-pyrrole nitrogens is 2. The van der Waals surface area contributed by atoms with Crippen molar-refractivity contribution in [1.29, 1.82) is 0 Å². The number of carbonyl (C=O) groups is 1. The number of aromatic nitrogens is 4. The van der Waals surface area contributed by atoms with Crippen LogP contribution in [0.3, 0.4) is 0 Å². The van der Waals surface area contributed by atoms with Crippen LogP contribution < -0.4 is 16.0 Å². The molecule has 33 heavy (non-hydrogen) atoms. The van der Waals surface area contributed by atoms with E-state index in [1.54, 1.807) is 0 Å². The minimum absolute atomic E-state index is 0.0256. The monoisotopic (exact) mass is 441 g/mol. The van der Waals surface area contributed by atoms with Crippen LogP contribution in [0.2, 0.25) is 0 Å². The van der Waals surface area contributed by atoms with Crippen LogP contribution >= 0.6 is 0 Å². The fourth-order valence-corrected chi connectivity index (χ4v) is 4.82. The van der Waals surface area contributed by atoms with Gasteiger partial charge in [0.25, 0.3) is 0 Å². The van der Waals surface area contributed by atoms with Gasteiger partial charge in [-0.1, -0.05) is 30.3 Å². The average Bonchev–Trinajstić information content (AvgIpc) is 3.66. The molecule has 8 nitrogen and oxygen atoms in total. The Hall–Kier alpha value is -3.49. The normalized spacial score (nSPS) is 20.5. The largest absolute Gasteiger partial charge is 0.341 e. The van der Waals surface area contributed by atoms with Gasteiger partial charge in [-0.3, -0.25) is 9.89 Å². The summed E-state index contributed by atoms with van der Waals surface area (Å²) in [7, 11) is 0. The van der Waals surface area contributed by atoms with Crippen molar-refractivity contribution in [3.63, 3.8) is 0 Å². The Bertz CT molecular complexity index is 1280. The van der Waals surface area contributed by atoms with Crippen molar-refractivity contribution in [2.24, 2.45) is 0 Å². The second-order valence-corrected chi connectivity index (χ2v) is 8.88. The number of imidazole rings is 1. The zero-order chi connectivity index (χ0) is 22.2. The van der Waals surface area contributed by atoms with Crippen molar-refractivity contribution in [3.05, 3.63) is 54.5 Å². The maximum absolute atomic E-state index is 12.5. The maximum atomic E-state index is 12.5. The molecular formula is C25H27N7O. The molecule has 2 aliphatic heterocycles. The van der Waals surface area contributed by atoms with Gasteiger partial charge < -0.3 is 20.9 Å². The SMILES string of the molecule is O=C(Nc1n[nH]c2ccc(-c3ccc(-c4cnc([C@@H]5CCCN5)[nH]4)cc3)cc12)C1CCCN1. The zero-order valence-corrected chi connectivity index (χ0v) is 18.3. The van der Waals surface area contributed by atoms with E-state index in [2.05, 4.69) is 72.5 Å². The van der Waals surface area contributed by atoms with Gasteiger partial charge in [0.05, 0.1) is 29.5 Å². The molecule has 4 aromatic rings. The second kappa shape index (κ2) is 8.46. The lowest BCUT2D eigenvalue weighted by Gasteiger charge is -2.09. The molecule has 0 saturated carbocycles. The molecule has 0 radical (unpaired) electrons. The van der Waals surface area contributed by atoms with Crippen LogP contribution in [0, 0.1) is 0 Å². The van der Waals surface area contributed by atoms with Crippen molar-refractivity contribution < 1.29 is 4.79 Å². The number of hydrogen-bond donors (Lipinski definition) is 5. The number of carbonyl (C=O) groups excluding carboxylic acids is 1. The Morgan fingerprint density at radius 2 is 1.73 bits per heavy atom. The summed E-state index contributed by atoms with van der Waals surface area (Å²) in [6.07, 6.45) is 6.12. The summed E-state index contributed by atoms with van der Waals surface area (Å²) in [5, 5.41) is 17.9. The van der Waals surface area contributed by atoms with E-state index in [0.717, 1.165) is 71.5 Å². The predicted octanol–water partition coefficient (Wildman–Crippen LogP) is 3.74. The highest BCUT2D eigenvalue weighted by Gasteiger charge is 2.23. The minimum Gasteiger partial charge on any atom is -0.341 e. The predicted molar refractivity (Wildman–Crippen MR) is 129 cm³/mol. The molecule has 2 fully saturated rings. The topological polar surface area (TPSA) is 111 Å². The first kappa shape index (κ1) is 20.1. The van der Waals surface area contributed by atoms with E-state index in [1.165, 1.54) is 6.42 Å². The highest BCUT2D eigenvalue weighted by Crippen LogP contribution is 2.30. The van der Waals surface area contributed by atoms with Gasteiger partial charge in [-0.15, -0.1) is 0 Å². The smallest absolute Gasteiger partial charge is 0.242 e. The number of amides is 1. The van der Waals surface area contributed by atoms with E-state index in [1.807, 2.05) is 12.3 Å². The number of nitrogens with zero attached hydrogens (tertiary/aromatic N) is 2.